The molecule has 0 saturated carbocycles. The van der Waals surface area contributed by atoms with Gasteiger partial charge in [-0.25, -0.2) is 8.42 Å². The fourth-order valence-corrected chi connectivity index (χ4v) is 5.65. The minimum absolute atomic E-state index is 0.346. The van der Waals surface area contributed by atoms with Crippen molar-refractivity contribution in [3.05, 3.63) is 0 Å². The second-order valence-electron chi connectivity index (χ2n) is 5.19. The van der Waals surface area contributed by atoms with Crippen LogP contribution in [0.3, 0.4) is 0 Å². The van der Waals surface area contributed by atoms with Crippen molar-refractivity contribution in [2.75, 3.05) is 6.67 Å². The summed E-state index contributed by atoms with van der Waals surface area (Å²) in [5.74, 6) is 0. The molecule has 2 unspecified atom stereocenters. The molecule has 3 nitrogen and oxygen atoms in total. The number of alkyl halides is 1. The molecule has 94 valence electrons. The van der Waals surface area contributed by atoms with Gasteiger partial charge in [-0.2, -0.15) is 0 Å². The van der Waals surface area contributed by atoms with Crippen molar-refractivity contribution >= 4 is 9.84 Å². The Balaban J connectivity index is 2.01. The fourth-order valence-electron chi connectivity index (χ4n) is 3.09. The summed E-state index contributed by atoms with van der Waals surface area (Å²) in [5.41, 5.74) is -0.855. The van der Waals surface area contributed by atoms with Gasteiger partial charge in [0, 0.05) is 0 Å². The molecule has 0 spiro atoms. The molecule has 0 aromatic heterocycles. The Kier molecular flexibility index (Phi) is 3.27. The Labute approximate surface area is 96.0 Å². The average Bonchev–Trinajstić information content (AvgIpc) is 2.40. The van der Waals surface area contributed by atoms with Gasteiger partial charge >= 0.3 is 0 Å². The van der Waals surface area contributed by atoms with E-state index in [9.17, 15) is 17.9 Å². The van der Waals surface area contributed by atoms with Crippen LogP contribution >= 0.6 is 0 Å². The zero-order valence-electron chi connectivity index (χ0n) is 9.36. The van der Waals surface area contributed by atoms with Crippen molar-refractivity contribution in [1.82, 2.24) is 0 Å². The monoisotopic (exact) mass is 250 g/mol. The molecule has 5 heteroatoms. The highest BCUT2D eigenvalue weighted by molar-refractivity contribution is 7.93. The molecule has 0 aromatic rings. The summed E-state index contributed by atoms with van der Waals surface area (Å²) >= 11 is 0. The second-order valence-corrected chi connectivity index (χ2v) is 7.70. The minimum atomic E-state index is -2.96. The Hall–Kier alpha value is -0.160. The Morgan fingerprint density at radius 1 is 1.19 bits per heavy atom. The van der Waals surface area contributed by atoms with Crippen molar-refractivity contribution < 1.29 is 17.9 Å². The predicted molar refractivity (Wildman–Crippen MR) is 59.7 cm³/mol. The van der Waals surface area contributed by atoms with E-state index in [0.717, 1.165) is 0 Å². The van der Waals surface area contributed by atoms with E-state index < -0.39 is 15.4 Å². The van der Waals surface area contributed by atoms with Crippen LogP contribution in [0, 0.1) is 0 Å². The molecule has 0 aromatic carbocycles. The van der Waals surface area contributed by atoms with Gasteiger partial charge in [0.15, 0.2) is 9.84 Å². The lowest BCUT2D eigenvalue weighted by Gasteiger charge is -2.36. The van der Waals surface area contributed by atoms with E-state index in [2.05, 4.69) is 0 Å². The number of halogens is 1. The summed E-state index contributed by atoms with van der Waals surface area (Å²) in [6.07, 6.45) is 3.75. The lowest BCUT2D eigenvalue weighted by atomic mass is 9.88. The average molecular weight is 250 g/mol. The maximum Gasteiger partial charge on any atom is 0.156 e. The van der Waals surface area contributed by atoms with E-state index in [0.29, 0.717) is 44.9 Å². The normalized spacial score (nSPS) is 41.1. The summed E-state index contributed by atoms with van der Waals surface area (Å²) in [7, 11) is -2.96. The van der Waals surface area contributed by atoms with Gasteiger partial charge in [0.1, 0.15) is 0 Å². The van der Waals surface area contributed by atoms with Gasteiger partial charge in [0.05, 0.1) is 22.8 Å². The first kappa shape index (κ1) is 12.3. The summed E-state index contributed by atoms with van der Waals surface area (Å²) in [6, 6.07) is 0. The Morgan fingerprint density at radius 3 is 2.25 bits per heavy atom. The number of unbranched alkanes of at least 4 members (excludes halogenated alkanes) is 1. The topological polar surface area (TPSA) is 54.4 Å². The van der Waals surface area contributed by atoms with E-state index in [1.165, 1.54) is 0 Å². The first-order valence-electron chi connectivity index (χ1n) is 5.99. The molecular weight excluding hydrogens is 231 g/mol. The Bertz CT molecular complexity index is 332. The summed E-state index contributed by atoms with van der Waals surface area (Å²) in [6.45, 7) is -0.360. The second kappa shape index (κ2) is 4.26. The minimum Gasteiger partial charge on any atom is -0.390 e. The van der Waals surface area contributed by atoms with Gasteiger partial charge in [0.2, 0.25) is 0 Å². The molecule has 2 heterocycles. The van der Waals surface area contributed by atoms with E-state index >= 15 is 0 Å². The van der Waals surface area contributed by atoms with Crippen LogP contribution in [0.25, 0.3) is 0 Å². The van der Waals surface area contributed by atoms with E-state index in [4.69, 9.17) is 0 Å². The molecule has 2 bridgehead atoms. The lowest BCUT2D eigenvalue weighted by molar-refractivity contribution is 0.0107. The van der Waals surface area contributed by atoms with Crippen LogP contribution in [-0.4, -0.2) is 36.3 Å². The van der Waals surface area contributed by atoms with Crippen molar-refractivity contribution in [1.29, 1.82) is 0 Å². The number of hydrogen-bond donors (Lipinski definition) is 1. The summed E-state index contributed by atoms with van der Waals surface area (Å²) < 4.78 is 35.6. The molecule has 16 heavy (non-hydrogen) atoms. The van der Waals surface area contributed by atoms with Gasteiger partial charge in [0.25, 0.3) is 0 Å². The number of sulfone groups is 1. The van der Waals surface area contributed by atoms with Crippen molar-refractivity contribution in [2.45, 2.75) is 61.0 Å². The maximum atomic E-state index is 12.0. The van der Waals surface area contributed by atoms with Crippen molar-refractivity contribution in [3.63, 3.8) is 0 Å². The van der Waals surface area contributed by atoms with Gasteiger partial charge in [-0.15, -0.1) is 0 Å². The van der Waals surface area contributed by atoms with Gasteiger partial charge < -0.3 is 5.11 Å². The molecule has 2 aliphatic rings. The molecular formula is C11H19FO3S. The molecule has 2 rings (SSSR count). The third-order valence-corrected chi connectivity index (χ3v) is 6.64. The molecule has 0 radical (unpaired) electrons. The van der Waals surface area contributed by atoms with Crippen LogP contribution in [0.4, 0.5) is 4.39 Å². The molecule has 0 aliphatic carbocycles. The number of hydrogen-bond acceptors (Lipinski definition) is 3. The van der Waals surface area contributed by atoms with Gasteiger partial charge in [-0.3, -0.25) is 4.39 Å². The third kappa shape index (κ3) is 2.12. The van der Waals surface area contributed by atoms with Crippen LogP contribution in [0.1, 0.15) is 44.9 Å². The van der Waals surface area contributed by atoms with Crippen molar-refractivity contribution in [3.8, 4) is 0 Å². The van der Waals surface area contributed by atoms with Crippen LogP contribution in [0.5, 0.6) is 0 Å². The van der Waals surface area contributed by atoms with Crippen LogP contribution in [-0.2, 0) is 9.84 Å². The zero-order chi connectivity index (χ0) is 11.8. The van der Waals surface area contributed by atoms with E-state index in [1.807, 2.05) is 0 Å². The molecule has 2 aliphatic heterocycles. The van der Waals surface area contributed by atoms with Crippen LogP contribution in [0.15, 0.2) is 0 Å². The van der Waals surface area contributed by atoms with Crippen LogP contribution < -0.4 is 0 Å². The third-order valence-electron chi connectivity index (χ3n) is 3.98. The van der Waals surface area contributed by atoms with E-state index in [-0.39, 0.29) is 17.2 Å². The summed E-state index contributed by atoms with van der Waals surface area (Å²) in [5, 5.41) is 9.63. The fraction of sp³-hybridized carbons (Fsp3) is 1.00. The predicted octanol–water partition coefficient (Wildman–Crippen LogP) is 1.60. The maximum absolute atomic E-state index is 12.0. The highest BCUT2D eigenvalue weighted by atomic mass is 32.2. The molecule has 2 fully saturated rings. The smallest absolute Gasteiger partial charge is 0.156 e. The van der Waals surface area contributed by atoms with Crippen molar-refractivity contribution in [2.24, 2.45) is 0 Å². The molecule has 1 N–H and O–H groups in total. The standard InChI is InChI=1S/C11H19FO3S/c12-6-2-1-5-11(13)7-9-3-4-10(8-11)16(9,14)15/h9-10,13H,1-8H2. The van der Waals surface area contributed by atoms with Gasteiger partial charge in [-0.05, 0) is 44.9 Å². The summed E-state index contributed by atoms with van der Waals surface area (Å²) in [4.78, 5) is 0. The molecule has 0 amide bonds. The Morgan fingerprint density at radius 2 is 1.75 bits per heavy atom. The number of aliphatic hydroxyl groups is 1. The van der Waals surface area contributed by atoms with Gasteiger partial charge in [-0.1, -0.05) is 0 Å². The quantitative estimate of drug-likeness (QED) is 0.771. The number of fused-ring (bicyclic) bond motifs is 2. The molecule has 2 atom stereocenters. The first-order valence-corrected chi connectivity index (χ1v) is 7.60. The largest absolute Gasteiger partial charge is 0.390 e. The highest BCUT2D eigenvalue weighted by Gasteiger charge is 2.52. The SMILES string of the molecule is O=S1(=O)C2CCC1CC(O)(CCCCF)C2. The molecule has 2 saturated heterocycles. The van der Waals surface area contributed by atoms with E-state index in [1.54, 1.807) is 0 Å². The zero-order valence-corrected chi connectivity index (χ0v) is 10.2. The first-order chi connectivity index (χ1) is 7.48. The van der Waals surface area contributed by atoms with Crippen LogP contribution in [0.2, 0.25) is 0 Å². The lowest BCUT2D eigenvalue weighted by Crippen LogP contribution is -2.44. The highest BCUT2D eigenvalue weighted by Crippen LogP contribution is 2.44. The number of rotatable bonds is 4.